The number of ether oxygens (including phenoxy) is 3. The van der Waals surface area contributed by atoms with Crippen LogP contribution in [0.2, 0.25) is 0 Å². The second-order valence-corrected chi connectivity index (χ2v) is 20.2. The molecule has 0 spiro atoms. The molecular formula is C71H114O6. The summed E-state index contributed by atoms with van der Waals surface area (Å²) in [5.74, 6) is -0.946. The van der Waals surface area contributed by atoms with Gasteiger partial charge in [-0.05, 0) is 141 Å². The van der Waals surface area contributed by atoms with Crippen molar-refractivity contribution in [1.29, 1.82) is 0 Å². The summed E-state index contributed by atoms with van der Waals surface area (Å²) in [6.45, 7) is 6.36. The Bertz CT molecular complexity index is 1700. The second-order valence-electron chi connectivity index (χ2n) is 20.2. The fourth-order valence-corrected chi connectivity index (χ4v) is 8.17. The molecule has 0 fully saturated rings. The topological polar surface area (TPSA) is 78.9 Å². The lowest BCUT2D eigenvalue weighted by atomic mass is 10.1. The van der Waals surface area contributed by atoms with Crippen LogP contribution in [0.5, 0.6) is 0 Å². The van der Waals surface area contributed by atoms with E-state index < -0.39 is 6.10 Å². The fraction of sp³-hybridized carbons (Fsp3) is 0.620. The number of hydrogen-bond acceptors (Lipinski definition) is 6. The predicted octanol–water partition coefficient (Wildman–Crippen LogP) is 21.5. The lowest BCUT2D eigenvalue weighted by Crippen LogP contribution is -2.30. The van der Waals surface area contributed by atoms with E-state index in [1.807, 2.05) is 0 Å². The van der Waals surface area contributed by atoms with Gasteiger partial charge in [0.05, 0.1) is 0 Å². The molecule has 6 heteroatoms. The van der Waals surface area contributed by atoms with E-state index in [1.165, 1.54) is 64.2 Å². The molecule has 0 amide bonds. The summed E-state index contributed by atoms with van der Waals surface area (Å²) in [5.41, 5.74) is 0. The van der Waals surface area contributed by atoms with Crippen molar-refractivity contribution in [3.05, 3.63) is 146 Å². The van der Waals surface area contributed by atoms with Gasteiger partial charge in [-0.3, -0.25) is 14.4 Å². The Labute approximate surface area is 474 Å². The van der Waals surface area contributed by atoms with Crippen molar-refractivity contribution < 1.29 is 28.6 Å². The Hall–Kier alpha value is -4.71. The first-order valence-corrected chi connectivity index (χ1v) is 31.3. The minimum Gasteiger partial charge on any atom is -0.462 e. The smallest absolute Gasteiger partial charge is 0.306 e. The van der Waals surface area contributed by atoms with E-state index in [1.54, 1.807) is 0 Å². The van der Waals surface area contributed by atoms with Crippen LogP contribution in [0.15, 0.2) is 146 Å². The standard InChI is InChI=1S/C71H114O6/c1-4-7-10-13-16-19-22-25-27-29-30-31-32-33-34-35-36-37-38-39-40-42-43-46-49-52-55-58-61-64-70(73)76-67-68(66-75-69(72)63-60-57-54-51-48-45-24-21-18-15-12-9-6-3)77-71(74)65-62-59-56-53-50-47-44-41-28-26-23-20-17-14-11-8-5-2/h7-8,10-11,16-17,19-21,24-28,30-31,33-34,36-37,39-40,44,47,68H,4-6,9,12-15,18,22-23,29,32,35,38,41-43,45-46,48-67H2,1-3H3/b10-7-,11-8-,19-16-,20-17-,24-21-,27-25-,28-26-,31-30-,34-33-,37-36-,40-39-,47-44-. The van der Waals surface area contributed by atoms with E-state index in [-0.39, 0.29) is 31.1 Å². The van der Waals surface area contributed by atoms with Crippen LogP contribution in [-0.4, -0.2) is 37.2 Å². The number of unbranched alkanes of at least 4 members (excludes halogenated alkanes) is 20. The molecule has 0 aliphatic heterocycles. The summed E-state index contributed by atoms with van der Waals surface area (Å²) >= 11 is 0. The third-order valence-corrected chi connectivity index (χ3v) is 12.8. The molecule has 0 saturated heterocycles. The maximum absolute atomic E-state index is 12.9. The maximum atomic E-state index is 12.9. The van der Waals surface area contributed by atoms with Crippen LogP contribution in [0.3, 0.4) is 0 Å². The SMILES string of the molecule is CC/C=C\C/C=C\C/C=C\C/C=C\C/C=C\C/C=C\C/C=C\CCCCCCCCCC(=O)OCC(COC(=O)CCCCCCC/C=C\CCCCCC)OC(=O)CCCCCC/C=C\C/C=C\C/C=C\C/C=C\CC. The normalized spacial score (nSPS) is 13.1. The lowest BCUT2D eigenvalue weighted by Gasteiger charge is -2.18. The van der Waals surface area contributed by atoms with Crippen LogP contribution in [-0.2, 0) is 28.6 Å². The van der Waals surface area contributed by atoms with Gasteiger partial charge in [0, 0.05) is 19.3 Å². The summed E-state index contributed by atoms with van der Waals surface area (Å²) in [6, 6.07) is 0. The molecule has 0 aromatic rings. The summed E-state index contributed by atoms with van der Waals surface area (Å²) < 4.78 is 16.9. The van der Waals surface area contributed by atoms with Gasteiger partial charge in [0.2, 0.25) is 0 Å². The van der Waals surface area contributed by atoms with Gasteiger partial charge in [0.15, 0.2) is 6.10 Å². The van der Waals surface area contributed by atoms with Gasteiger partial charge in [0.1, 0.15) is 13.2 Å². The maximum Gasteiger partial charge on any atom is 0.306 e. The van der Waals surface area contributed by atoms with Crippen molar-refractivity contribution in [2.45, 2.75) is 271 Å². The lowest BCUT2D eigenvalue weighted by molar-refractivity contribution is -0.167. The van der Waals surface area contributed by atoms with Crippen molar-refractivity contribution in [2.75, 3.05) is 13.2 Å². The monoisotopic (exact) mass is 1060 g/mol. The van der Waals surface area contributed by atoms with Gasteiger partial charge in [-0.1, -0.05) is 250 Å². The van der Waals surface area contributed by atoms with Crippen molar-refractivity contribution in [3.8, 4) is 0 Å². The highest BCUT2D eigenvalue weighted by atomic mass is 16.6. The summed E-state index contributed by atoms with van der Waals surface area (Å²) in [7, 11) is 0. The number of allylic oxidation sites excluding steroid dienone is 24. The number of carbonyl (C=O) groups excluding carboxylic acids is 3. The van der Waals surface area contributed by atoms with E-state index in [0.717, 1.165) is 161 Å². The molecule has 0 bridgehead atoms. The van der Waals surface area contributed by atoms with Gasteiger partial charge in [0.25, 0.3) is 0 Å². The largest absolute Gasteiger partial charge is 0.462 e. The van der Waals surface area contributed by atoms with Gasteiger partial charge < -0.3 is 14.2 Å². The number of rotatable bonds is 55. The van der Waals surface area contributed by atoms with Crippen LogP contribution in [0, 0.1) is 0 Å². The third-order valence-electron chi connectivity index (χ3n) is 12.8. The third kappa shape index (κ3) is 62.0. The van der Waals surface area contributed by atoms with E-state index in [4.69, 9.17) is 14.2 Å². The van der Waals surface area contributed by atoms with Crippen molar-refractivity contribution in [2.24, 2.45) is 0 Å². The minimum absolute atomic E-state index is 0.100. The average Bonchev–Trinajstić information content (AvgIpc) is 3.43. The number of esters is 3. The molecule has 0 saturated carbocycles. The first-order valence-electron chi connectivity index (χ1n) is 31.3. The molecule has 0 radical (unpaired) electrons. The van der Waals surface area contributed by atoms with E-state index in [9.17, 15) is 14.4 Å². The number of carbonyl (C=O) groups is 3. The van der Waals surface area contributed by atoms with Crippen LogP contribution in [0.1, 0.15) is 265 Å². The summed E-state index contributed by atoms with van der Waals surface area (Å²) in [4.78, 5) is 38.3. The summed E-state index contributed by atoms with van der Waals surface area (Å²) in [5, 5.41) is 0. The zero-order valence-corrected chi connectivity index (χ0v) is 49.7. The van der Waals surface area contributed by atoms with Gasteiger partial charge in [-0.25, -0.2) is 0 Å². The quantitative estimate of drug-likeness (QED) is 0.0261. The molecule has 1 atom stereocenters. The Morgan fingerprint density at radius 2 is 0.506 bits per heavy atom. The second kappa shape index (κ2) is 63.8. The van der Waals surface area contributed by atoms with Crippen LogP contribution in [0.25, 0.3) is 0 Å². The van der Waals surface area contributed by atoms with Gasteiger partial charge in [-0.2, -0.15) is 0 Å². The fourth-order valence-electron chi connectivity index (χ4n) is 8.17. The Balaban J connectivity index is 4.38. The Morgan fingerprint density at radius 1 is 0.273 bits per heavy atom. The summed E-state index contributed by atoms with van der Waals surface area (Å²) in [6.07, 6.45) is 91.3. The molecule has 0 N–H and O–H groups in total. The molecule has 0 aromatic carbocycles. The zero-order valence-electron chi connectivity index (χ0n) is 49.7. The molecule has 1 unspecified atom stereocenters. The first-order chi connectivity index (χ1) is 38.0. The van der Waals surface area contributed by atoms with Crippen molar-refractivity contribution in [3.63, 3.8) is 0 Å². The molecule has 0 rings (SSSR count). The molecule has 6 nitrogen and oxygen atoms in total. The Morgan fingerprint density at radius 3 is 0.805 bits per heavy atom. The molecule has 0 aliphatic carbocycles. The molecule has 0 heterocycles. The molecule has 434 valence electrons. The molecule has 0 aromatic heterocycles. The van der Waals surface area contributed by atoms with Crippen molar-refractivity contribution >= 4 is 17.9 Å². The van der Waals surface area contributed by atoms with E-state index in [2.05, 4.69) is 167 Å². The number of hydrogen-bond donors (Lipinski definition) is 0. The predicted molar refractivity (Wildman–Crippen MR) is 334 cm³/mol. The highest BCUT2D eigenvalue weighted by Gasteiger charge is 2.19. The van der Waals surface area contributed by atoms with Crippen LogP contribution < -0.4 is 0 Å². The van der Waals surface area contributed by atoms with Crippen LogP contribution >= 0.6 is 0 Å². The first kappa shape index (κ1) is 72.3. The highest BCUT2D eigenvalue weighted by molar-refractivity contribution is 5.71. The van der Waals surface area contributed by atoms with Gasteiger partial charge >= 0.3 is 17.9 Å². The highest BCUT2D eigenvalue weighted by Crippen LogP contribution is 2.14. The average molecular weight is 1060 g/mol. The van der Waals surface area contributed by atoms with E-state index >= 15 is 0 Å². The van der Waals surface area contributed by atoms with E-state index in [0.29, 0.717) is 19.3 Å². The van der Waals surface area contributed by atoms with Crippen molar-refractivity contribution in [1.82, 2.24) is 0 Å². The van der Waals surface area contributed by atoms with Crippen LogP contribution in [0.4, 0.5) is 0 Å². The molecule has 0 aliphatic rings. The van der Waals surface area contributed by atoms with Gasteiger partial charge in [-0.15, -0.1) is 0 Å². The Kier molecular flexibility index (Phi) is 59.9. The zero-order chi connectivity index (χ0) is 55.7. The molecular weight excluding hydrogens is 949 g/mol. The molecule has 77 heavy (non-hydrogen) atoms. The minimum atomic E-state index is -0.806.